The number of esters is 1. The van der Waals surface area contributed by atoms with E-state index in [4.69, 9.17) is 10.5 Å². The summed E-state index contributed by atoms with van der Waals surface area (Å²) in [5.74, 6) is -1.38. The van der Waals surface area contributed by atoms with Crippen molar-refractivity contribution in [2.75, 3.05) is 6.61 Å². The Morgan fingerprint density at radius 2 is 2.16 bits per heavy atom. The molecule has 0 saturated heterocycles. The van der Waals surface area contributed by atoms with Crippen molar-refractivity contribution < 1.29 is 14.3 Å². The number of hydrogen-bond acceptors (Lipinski definition) is 4. The first kappa shape index (κ1) is 12.9. The maximum Gasteiger partial charge on any atom is 0.338 e. The standard InChI is InChI=1S/C12H13N3O4/c1-2-15-9-5-7(11(17)19-6-10(13)16)3-4-8(9)14-12(15)18/h3-5H,2,6H2,1H3,(H2,13,16)(H,14,18). The average molecular weight is 263 g/mol. The van der Waals surface area contributed by atoms with Crippen molar-refractivity contribution in [1.29, 1.82) is 0 Å². The van der Waals surface area contributed by atoms with Crippen molar-refractivity contribution in [1.82, 2.24) is 9.55 Å². The van der Waals surface area contributed by atoms with Crippen LogP contribution in [0.5, 0.6) is 0 Å². The number of carbonyl (C=O) groups is 2. The van der Waals surface area contributed by atoms with Gasteiger partial charge in [0.2, 0.25) is 0 Å². The molecular formula is C12H13N3O4. The molecule has 0 unspecified atom stereocenters. The number of fused-ring (bicyclic) bond motifs is 1. The fourth-order valence-corrected chi connectivity index (χ4v) is 1.81. The van der Waals surface area contributed by atoms with Crippen molar-refractivity contribution in [2.45, 2.75) is 13.5 Å². The van der Waals surface area contributed by atoms with Gasteiger partial charge in [0, 0.05) is 6.54 Å². The maximum absolute atomic E-state index is 11.7. The zero-order valence-corrected chi connectivity index (χ0v) is 10.3. The number of nitrogens with two attached hydrogens (primary N) is 1. The van der Waals surface area contributed by atoms with E-state index < -0.39 is 18.5 Å². The molecule has 3 N–H and O–H groups in total. The van der Waals surface area contributed by atoms with Crippen LogP contribution in [-0.4, -0.2) is 28.0 Å². The molecule has 1 amide bonds. The zero-order valence-electron chi connectivity index (χ0n) is 10.3. The highest BCUT2D eigenvalue weighted by molar-refractivity contribution is 5.94. The van der Waals surface area contributed by atoms with Gasteiger partial charge in [-0.3, -0.25) is 9.36 Å². The fraction of sp³-hybridized carbons (Fsp3) is 0.250. The highest BCUT2D eigenvalue weighted by Crippen LogP contribution is 2.13. The minimum Gasteiger partial charge on any atom is -0.452 e. The molecule has 0 atom stereocenters. The van der Waals surface area contributed by atoms with Gasteiger partial charge in [-0.2, -0.15) is 0 Å². The van der Waals surface area contributed by atoms with E-state index in [1.165, 1.54) is 10.6 Å². The fourth-order valence-electron chi connectivity index (χ4n) is 1.81. The Kier molecular flexibility index (Phi) is 3.37. The Morgan fingerprint density at radius 3 is 2.79 bits per heavy atom. The van der Waals surface area contributed by atoms with Gasteiger partial charge in [0.05, 0.1) is 16.6 Å². The van der Waals surface area contributed by atoms with E-state index in [2.05, 4.69) is 4.98 Å². The van der Waals surface area contributed by atoms with Gasteiger partial charge in [0.15, 0.2) is 6.61 Å². The molecule has 0 bridgehead atoms. The summed E-state index contributed by atoms with van der Waals surface area (Å²) in [6.45, 7) is 1.84. The summed E-state index contributed by atoms with van der Waals surface area (Å²) in [6.07, 6.45) is 0. The number of H-pyrrole nitrogens is 1. The Balaban J connectivity index is 2.37. The van der Waals surface area contributed by atoms with E-state index in [1.807, 2.05) is 6.92 Å². The normalized spacial score (nSPS) is 10.6. The predicted octanol–water partition coefficient (Wildman–Crippen LogP) is -0.00840. The summed E-state index contributed by atoms with van der Waals surface area (Å²) >= 11 is 0. The number of aromatic amines is 1. The Labute approximate surface area is 108 Å². The summed E-state index contributed by atoms with van der Waals surface area (Å²) in [4.78, 5) is 36.5. The molecule has 1 aromatic heterocycles. The lowest BCUT2D eigenvalue weighted by molar-refractivity contribution is -0.121. The Hall–Kier alpha value is -2.57. The number of amides is 1. The van der Waals surface area contributed by atoms with Gasteiger partial charge in [-0.05, 0) is 25.1 Å². The first-order chi connectivity index (χ1) is 9.02. The van der Waals surface area contributed by atoms with Gasteiger partial charge in [-0.15, -0.1) is 0 Å². The molecule has 0 fully saturated rings. The number of imidazole rings is 1. The van der Waals surface area contributed by atoms with Crippen molar-refractivity contribution in [2.24, 2.45) is 5.73 Å². The molecule has 100 valence electrons. The van der Waals surface area contributed by atoms with Crippen LogP contribution >= 0.6 is 0 Å². The van der Waals surface area contributed by atoms with E-state index >= 15 is 0 Å². The van der Waals surface area contributed by atoms with Crippen LogP contribution in [0.25, 0.3) is 11.0 Å². The number of aryl methyl sites for hydroxylation is 1. The summed E-state index contributed by atoms with van der Waals surface area (Å²) in [5, 5.41) is 0. The SMILES string of the molecule is CCn1c(=O)[nH]c2ccc(C(=O)OCC(N)=O)cc21. The largest absolute Gasteiger partial charge is 0.452 e. The lowest BCUT2D eigenvalue weighted by Gasteiger charge is -2.03. The van der Waals surface area contributed by atoms with E-state index in [1.54, 1.807) is 12.1 Å². The topological polar surface area (TPSA) is 107 Å². The van der Waals surface area contributed by atoms with Gasteiger partial charge in [0.25, 0.3) is 5.91 Å². The average Bonchev–Trinajstić information content (AvgIpc) is 2.70. The van der Waals surface area contributed by atoms with E-state index in [9.17, 15) is 14.4 Å². The molecule has 7 heteroatoms. The zero-order chi connectivity index (χ0) is 14.0. The van der Waals surface area contributed by atoms with Gasteiger partial charge < -0.3 is 15.5 Å². The highest BCUT2D eigenvalue weighted by atomic mass is 16.5. The van der Waals surface area contributed by atoms with E-state index in [0.717, 1.165) is 0 Å². The van der Waals surface area contributed by atoms with Crippen LogP contribution in [0.2, 0.25) is 0 Å². The molecule has 2 aromatic rings. The molecule has 1 aromatic carbocycles. The molecule has 0 spiro atoms. The second-order valence-electron chi connectivity index (χ2n) is 3.95. The number of aromatic nitrogens is 2. The monoisotopic (exact) mass is 263 g/mol. The molecule has 19 heavy (non-hydrogen) atoms. The minimum absolute atomic E-state index is 0.236. The smallest absolute Gasteiger partial charge is 0.338 e. The van der Waals surface area contributed by atoms with Gasteiger partial charge >= 0.3 is 11.7 Å². The third kappa shape index (κ3) is 2.49. The summed E-state index contributed by atoms with van der Waals surface area (Å²) in [7, 11) is 0. The van der Waals surface area contributed by atoms with Crippen LogP contribution in [0, 0.1) is 0 Å². The number of ether oxygens (including phenoxy) is 1. The third-order valence-electron chi connectivity index (χ3n) is 2.67. The van der Waals surface area contributed by atoms with Gasteiger partial charge in [0.1, 0.15) is 0 Å². The number of nitrogens with one attached hydrogen (secondary N) is 1. The predicted molar refractivity (Wildman–Crippen MR) is 67.7 cm³/mol. The van der Waals surface area contributed by atoms with Crippen LogP contribution in [-0.2, 0) is 16.1 Å². The lowest BCUT2D eigenvalue weighted by atomic mass is 10.2. The first-order valence-corrected chi connectivity index (χ1v) is 5.71. The first-order valence-electron chi connectivity index (χ1n) is 5.71. The molecule has 0 aliphatic carbocycles. The van der Waals surface area contributed by atoms with Crippen LogP contribution < -0.4 is 11.4 Å². The minimum atomic E-state index is -0.721. The van der Waals surface area contributed by atoms with Crippen LogP contribution in [0.3, 0.4) is 0 Å². The highest BCUT2D eigenvalue weighted by Gasteiger charge is 2.12. The van der Waals surface area contributed by atoms with Gasteiger partial charge in [-0.25, -0.2) is 9.59 Å². The molecule has 1 heterocycles. The lowest BCUT2D eigenvalue weighted by Crippen LogP contribution is -2.21. The Morgan fingerprint density at radius 1 is 1.42 bits per heavy atom. The number of benzene rings is 1. The number of rotatable bonds is 4. The Bertz CT molecular complexity index is 699. The number of carbonyl (C=O) groups excluding carboxylic acids is 2. The molecular weight excluding hydrogens is 250 g/mol. The quantitative estimate of drug-likeness (QED) is 0.756. The summed E-state index contributed by atoms with van der Waals surface area (Å²) in [5.41, 5.74) is 6.16. The molecule has 0 aliphatic rings. The third-order valence-corrected chi connectivity index (χ3v) is 2.67. The van der Waals surface area contributed by atoms with Crippen molar-refractivity contribution in [3.63, 3.8) is 0 Å². The van der Waals surface area contributed by atoms with E-state index in [0.29, 0.717) is 17.6 Å². The molecule has 0 aliphatic heterocycles. The summed E-state index contributed by atoms with van der Waals surface area (Å²) in [6, 6.07) is 4.67. The molecule has 0 radical (unpaired) electrons. The van der Waals surface area contributed by atoms with Gasteiger partial charge in [-0.1, -0.05) is 0 Å². The number of nitrogens with zero attached hydrogens (tertiary/aromatic N) is 1. The second kappa shape index (κ2) is 4.97. The van der Waals surface area contributed by atoms with Crippen LogP contribution in [0.4, 0.5) is 0 Å². The van der Waals surface area contributed by atoms with Crippen molar-refractivity contribution >= 4 is 22.9 Å². The number of primary amides is 1. The number of hydrogen-bond donors (Lipinski definition) is 2. The van der Waals surface area contributed by atoms with Crippen molar-refractivity contribution in [3.05, 3.63) is 34.2 Å². The molecule has 0 saturated carbocycles. The maximum atomic E-state index is 11.7. The molecule has 7 nitrogen and oxygen atoms in total. The van der Waals surface area contributed by atoms with E-state index in [-0.39, 0.29) is 11.3 Å². The van der Waals surface area contributed by atoms with Crippen LogP contribution in [0.15, 0.2) is 23.0 Å². The van der Waals surface area contributed by atoms with Crippen LogP contribution in [0.1, 0.15) is 17.3 Å². The summed E-state index contributed by atoms with van der Waals surface area (Å²) < 4.78 is 6.21. The second-order valence-corrected chi connectivity index (χ2v) is 3.95. The van der Waals surface area contributed by atoms with Crippen molar-refractivity contribution in [3.8, 4) is 0 Å². The molecule has 2 rings (SSSR count).